The number of carbonyl (C=O) groups is 1. The second-order valence-electron chi connectivity index (χ2n) is 5.15. The molecular formula is C14H23ClN2OS. The Labute approximate surface area is 125 Å². The van der Waals surface area contributed by atoms with Crippen LogP contribution in [-0.2, 0) is 11.3 Å². The molecular weight excluding hydrogens is 280 g/mol. The molecule has 19 heavy (non-hydrogen) atoms. The monoisotopic (exact) mass is 302 g/mol. The van der Waals surface area contributed by atoms with Crippen LogP contribution in [0.25, 0.3) is 0 Å². The van der Waals surface area contributed by atoms with Crippen molar-refractivity contribution in [2.24, 2.45) is 0 Å². The molecule has 2 rings (SSSR count). The largest absolute Gasteiger partial charge is 0.339 e. The van der Waals surface area contributed by atoms with Gasteiger partial charge in [-0.2, -0.15) is 0 Å². The summed E-state index contributed by atoms with van der Waals surface area (Å²) in [5.41, 5.74) is 0.976. The number of likely N-dealkylation sites (N-methyl/N-ethyl adjacent to an activating group) is 1. The second-order valence-corrected chi connectivity index (χ2v) is 6.15. The van der Waals surface area contributed by atoms with Gasteiger partial charge < -0.3 is 10.2 Å². The summed E-state index contributed by atoms with van der Waals surface area (Å²) in [7, 11) is 1.92. The number of nitrogens with zero attached hydrogens (tertiary/aromatic N) is 1. The van der Waals surface area contributed by atoms with Gasteiger partial charge in [-0.1, -0.05) is 6.92 Å². The number of thiophene rings is 1. The molecule has 1 aromatic rings. The van der Waals surface area contributed by atoms with E-state index in [0.29, 0.717) is 0 Å². The van der Waals surface area contributed by atoms with Crippen molar-refractivity contribution in [1.29, 1.82) is 0 Å². The van der Waals surface area contributed by atoms with E-state index in [0.717, 1.165) is 32.4 Å². The van der Waals surface area contributed by atoms with Gasteiger partial charge >= 0.3 is 0 Å². The third-order valence-electron chi connectivity index (χ3n) is 3.95. The highest BCUT2D eigenvalue weighted by Crippen LogP contribution is 2.26. The first-order valence-corrected chi connectivity index (χ1v) is 7.50. The minimum absolute atomic E-state index is 0. The molecule has 3 nitrogen and oxygen atoms in total. The summed E-state index contributed by atoms with van der Waals surface area (Å²) in [5, 5.41) is 5.50. The molecule has 1 fully saturated rings. The normalized spacial score (nSPS) is 22.1. The van der Waals surface area contributed by atoms with Crippen LogP contribution in [0, 0.1) is 6.92 Å². The van der Waals surface area contributed by atoms with E-state index in [-0.39, 0.29) is 23.9 Å². The van der Waals surface area contributed by atoms with E-state index >= 15 is 0 Å². The van der Waals surface area contributed by atoms with Crippen LogP contribution in [0.15, 0.2) is 11.4 Å². The van der Waals surface area contributed by atoms with Crippen LogP contribution in [0.4, 0.5) is 0 Å². The van der Waals surface area contributed by atoms with Crippen molar-refractivity contribution >= 4 is 29.7 Å². The van der Waals surface area contributed by atoms with Crippen molar-refractivity contribution in [2.45, 2.75) is 45.2 Å². The Morgan fingerprint density at radius 1 is 1.58 bits per heavy atom. The maximum atomic E-state index is 12.6. The lowest BCUT2D eigenvalue weighted by Crippen LogP contribution is -2.53. The predicted molar refractivity (Wildman–Crippen MR) is 83.0 cm³/mol. The summed E-state index contributed by atoms with van der Waals surface area (Å²) in [5.74, 6) is 0.246. The summed E-state index contributed by atoms with van der Waals surface area (Å²) in [6.45, 7) is 5.89. The minimum Gasteiger partial charge on any atom is -0.339 e. The average molecular weight is 303 g/mol. The Hall–Kier alpha value is -0.580. The van der Waals surface area contributed by atoms with Gasteiger partial charge in [-0.05, 0) is 49.7 Å². The maximum absolute atomic E-state index is 12.6. The number of aryl methyl sites for hydroxylation is 1. The molecule has 0 saturated carbocycles. The van der Waals surface area contributed by atoms with Crippen LogP contribution in [0.3, 0.4) is 0 Å². The fourth-order valence-corrected chi connectivity index (χ4v) is 3.62. The van der Waals surface area contributed by atoms with Crippen molar-refractivity contribution in [3.05, 3.63) is 21.9 Å². The average Bonchev–Trinajstić information content (AvgIpc) is 2.99. The van der Waals surface area contributed by atoms with E-state index in [9.17, 15) is 4.79 Å². The van der Waals surface area contributed by atoms with Crippen molar-refractivity contribution in [3.63, 3.8) is 0 Å². The molecule has 1 aliphatic heterocycles. The molecule has 0 aliphatic carbocycles. The lowest BCUT2D eigenvalue weighted by molar-refractivity contribution is -0.137. The first-order valence-electron chi connectivity index (χ1n) is 6.62. The molecule has 0 aromatic carbocycles. The molecule has 5 heteroatoms. The highest BCUT2D eigenvalue weighted by atomic mass is 35.5. The number of halogens is 1. The summed E-state index contributed by atoms with van der Waals surface area (Å²) in [4.78, 5) is 15.8. The zero-order valence-corrected chi connectivity index (χ0v) is 13.5. The molecule has 1 amide bonds. The van der Waals surface area contributed by atoms with Gasteiger partial charge in [0.15, 0.2) is 0 Å². The highest BCUT2D eigenvalue weighted by Gasteiger charge is 2.40. The summed E-state index contributed by atoms with van der Waals surface area (Å²) in [6, 6.07) is 2.11. The van der Waals surface area contributed by atoms with Gasteiger partial charge in [-0.15, -0.1) is 23.7 Å². The number of hydrogen-bond donors (Lipinski definition) is 1. The Morgan fingerprint density at radius 3 is 2.79 bits per heavy atom. The first-order chi connectivity index (χ1) is 8.59. The molecule has 1 atom stereocenters. The Kier molecular flexibility index (Phi) is 5.83. The topological polar surface area (TPSA) is 32.3 Å². The second kappa shape index (κ2) is 6.73. The Bertz CT molecular complexity index is 427. The smallest absolute Gasteiger partial charge is 0.242 e. The quantitative estimate of drug-likeness (QED) is 0.927. The number of hydrogen-bond acceptors (Lipinski definition) is 3. The lowest BCUT2D eigenvalue weighted by Gasteiger charge is -2.31. The van der Waals surface area contributed by atoms with Gasteiger partial charge in [0.05, 0.1) is 12.1 Å². The fourth-order valence-electron chi connectivity index (χ4n) is 2.66. The number of amides is 1. The van der Waals surface area contributed by atoms with Gasteiger partial charge in [0, 0.05) is 11.9 Å². The first kappa shape index (κ1) is 16.5. The number of carbonyl (C=O) groups excluding carboxylic acids is 1. The van der Waals surface area contributed by atoms with Gasteiger partial charge in [0.1, 0.15) is 0 Å². The van der Waals surface area contributed by atoms with E-state index < -0.39 is 0 Å². The Morgan fingerprint density at radius 2 is 2.32 bits per heavy atom. The minimum atomic E-state index is -0.306. The highest BCUT2D eigenvalue weighted by molar-refractivity contribution is 7.10. The van der Waals surface area contributed by atoms with Crippen molar-refractivity contribution in [2.75, 3.05) is 13.6 Å². The van der Waals surface area contributed by atoms with Gasteiger partial charge in [-0.25, -0.2) is 0 Å². The van der Waals surface area contributed by atoms with E-state index in [4.69, 9.17) is 0 Å². The third-order valence-corrected chi connectivity index (χ3v) is 4.96. The van der Waals surface area contributed by atoms with Crippen LogP contribution < -0.4 is 5.32 Å². The SMILES string of the molecule is CCC1(C(=O)N(C)Cc2sccc2C)CCCN1.Cl. The van der Waals surface area contributed by atoms with Gasteiger partial charge in [0.25, 0.3) is 0 Å². The third kappa shape index (κ3) is 3.30. The predicted octanol–water partition coefficient (Wildman–Crippen LogP) is 2.97. The molecule has 108 valence electrons. The standard InChI is InChI=1S/C14H22N2OS.ClH/c1-4-14(7-5-8-15-14)13(17)16(3)10-12-11(2)6-9-18-12;/h6,9,15H,4-5,7-8,10H2,1-3H3;1H. The molecule has 1 aliphatic rings. The van der Waals surface area contributed by atoms with E-state index in [1.54, 1.807) is 11.3 Å². The number of rotatable bonds is 4. The van der Waals surface area contributed by atoms with Crippen LogP contribution in [0.2, 0.25) is 0 Å². The summed E-state index contributed by atoms with van der Waals surface area (Å²) in [6.07, 6.45) is 2.95. The molecule has 2 heterocycles. The maximum Gasteiger partial charge on any atom is 0.242 e. The summed E-state index contributed by atoms with van der Waals surface area (Å²) >= 11 is 1.73. The molecule has 1 aromatic heterocycles. The molecule has 0 spiro atoms. The van der Waals surface area contributed by atoms with Gasteiger partial charge in [0.2, 0.25) is 5.91 Å². The summed E-state index contributed by atoms with van der Waals surface area (Å²) < 4.78 is 0. The molecule has 1 saturated heterocycles. The molecule has 0 bridgehead atoms. The molecule has 0 radical (unpaired) electrons. The van der Waals surface area contributed by atoms with Crippen LogP contribution >= 0.6 is 23.7 Å². The van der Waals surface area contributed by atoms with Crippen molar-refractivity contribution in [1.82, 2.24) is 10.2 Å². The number of nitrogens with one attached hydrogen (secondary N) is 1. The molecule has 1 N–H and O–H groups in total. The van der Waals surface area contributed by atoms with Crippen molar-refractivity contribution in [3.8, 4) is 0 Å². The van der Waals surface area contributed by atoms with E-state index in [2.05, 4.69) is 30.6 Å². The van der Waals surface area contributed by atoms with E-state index in [1.165, 1.54) is 10.4 Å². The van der Waals surface area contributed by atoms with E-state index in [1.807, 2.05) is 11.9 Å². The van der Waals surface area contributed by atoms with Crippen LogP contribution in [0.1, 0.15) is 36.6 Å². The van der Waals surface area contributed by atoms with Gasteiger partial charge in [-0.3, -0.25) is 4.79 Å². The zero-order chi connectivity index (χ0) is 13.2. The molecule has 1 unspecified atom stereocenters. The van der Waals surface area contributed by atoms with Crippen molar-refractivity contribution < 1.29 is 4.79 Å². The lowest BCUT2D eigenvalue weighted by atomic mass is 9.92. The fraction of sp³-hybridized carbons (Fsp3) is 0.643. The van der Waals surface area contributed by atoms with Crippen LogP contribution in [-0.4, -0.2) is 29.9 Å². The zero-order valence-electron chi connectivity index (χ0n) is 11.9. The van der Waals surface area contributed by atoms with Crippen LogP contribution in [0.5, 0.6) is 0 Å². The Balaban J connectivity index is 0.00000180.